The average Bonchev–Trinajstić information content (AvgIpc) is 0. The van der Waals surface area contributed by atoms with E-state index in [-0.39, 0.29) is 247 Å². The molecule has 0 spiro atoms. The molecule has 0 amide bonds. The Morgan fingerprint density at radius 3 is 0.267 bits per heavy atom. The molecule has 0 heterocycles. The molecule has 0 aromatic heterocycles. The molecule has 0 saturated carbocycles. The Kier molecular flexibility index (Phi) is 2130. The molecule has 0 saturated heterocycles. The first-order chi connectivity index (χ1) is 0. The van der Waals surface area contributed by atoms with Crippen molar-refractivity contribution in [1.29, 1.82) is 0 Å². The molecule has 0 rings (SSSR count). The molecule has 0 fully saturated rings. The molecule has 15 heavy (non-hydrogen) atoms. The van der Waals surface area contributed by atoms with Crippen molar-refractivity contribution in [2.75, 3.05) is 0 Å². The Hall–Kier alpha value is 7.23. The van der Waals surface area contributed by atoms with Gasteiger partial charge in [0.1, 0.15) is 0 Å². The minimum Gasteiger partial charge on any atom is -2.00 e. The standard InChI is InChI=1S/2Al.2Ga.2In.9S/q6*+3;9*-2. The Morgan fingerprint density at radius 1 is 0.267 bits per heavy atom. The second-order valence-electron chi connectivity index (χ2n) is 0. The summed E-state index contributed by atoms with van der Waals surface area (Å²) in [6.07, 6.45) is 0. The second-order valence-corrected chi connectivity index (χ2v) is 0. The van der Waals surface area contributed by atoms with E-state index in [2.05, 4.69) is 0 Å². The maximum atomic E-state index is 0. The summed E-state index contributed by atoms with van der Waals surface area (Å²) in [5, 5.41) is 0. The van der Waals surface area contributed by atoms with Gasteiger partial charge in [-0.3, -0.25) is 0 Å². The molecule has 0 bridgehead atoms. The zero-order valence-corrected chi connectivity index (χ0v) is 28.2. The van der Waals surface area contributed by atoms with Crippen LogP contribution in [-0.2, 0) is 121 Å². The molecular formula is Al2Ga2In2S9. The van der Waals surface area contributed by atoms with E-state index >= 15 is 0 Å². The van der Waals surface area contributed by atoms with E-state index in [0.29, 0.717) is 0 Å². The molecule has 0 aliphatic rings. The number of rotatable bonds is 0. The first-order valence-corrected chi connectivity index (χ1v) is 0. The van der Waals surface area contributed by atoms with Gasteiger partial charge in [0.15, 0.2) is 0 Å². The van der Waals surface area contributed by atoms with Crippen LogP contribution in [0.4, 0.5) is 0 Å². The molecule has 0 aromatic carbocycles. The van der Waals surface area contributed by atoms with Gasteiger partial charge in [-0.1, -0.05) is 0 Å². The molecule has 0 aliphatic carbocycles. The summed E-state index contributed by atoms with van der Waals surface area (Å²) in [5.74, 6) is 0. The van der Waals surface area contributed by atoms with Gasteiger partial charge < -0.3 is 121 Å². The van der Waals surface area contributed by atoms with Crippen molar-refractivity contribution >= 4 is 247 Å². The van der Waals surface area contributed by atoms with Crippen LogP contribution in [0.25, 0.3) is 0 Å². The van der Waals surface area contributed by atoms with E-state index in [0.717, 1.165) is 0 Å². The van der Waals surface area contributed by atoms with Gasteiger partial charge in [0, 0.05) is 0 Å². The summed E-state index contributed by atoms with van der Waals surface area (Å²) in [4.78, 5) is 0. The zero-order valence-electron chi connectivity index (χ0n) is 7.14. The molecule has 0 N–H and O–H groups in total. The fraction of sp³-hybridized carbons (Fsp3) is 0. The predicted molar refractivity (Wildman–Crippen MR) is 101 cm³/mol. The maximum absolute atomic E-state index is 0. The minimum atomic E-state index is 0. The van der Waals surface area contributed by atoms with E-state index < -0.39 is 0 Å². The summed E-state index contributed by atoms with van der Waals surface area (Å²) in [6, 6.07) is 0. The van der Waals surface area contributed by atoms with Gasteiger partial charge in [-0.05, 0) is 0 Å². The van der Waals surface area contributed by atoms with E-state index in [1.54, 1.807) is 0 Å². The van der Waals surface area contributed by atoms with Crippen molar-refractivity contribution < 1.29 is 0 Å². The summed E-state index contributed by atoms with van der Waals surface area (Å²) >= 11 is 0. The number of hydrogen-bond acceptors (Lipinski definition) is 0. The Morgan fingerprint density at radius 2 is 0.267 bits per heavy atom. The van der Waals surface area contributed by atoms with Gasteiger partial charge in [0.05, 0.1) is 0 Å². The van der Waals surface area contributed by atoms with Crippen LogP contribution in [0.5, 0.6) is 0 Å². The van der Waals surface area contributed by atoms with Crippen molar-refractivity contribution in [3.63, 3.8) is 0 Å². The van der Waals surface area contributed by atoms with Crippen molar-refractivity contribution in [3.05, 3.63) is 0 Å². The molecule has 72 valence electrons. The summed E-state index contributed by atoms with van der Waals surface area (Å²) in [5.41, 5.74) is 0. The molecule has 0 radical (unpaired) electrons. The smallest absolute Gasteiger partial charge is 2.00 e. The molecule has 0 unspecified atom stereocenters. The van der Waals surface area contributed by atoms with Crippen molar-refractivity contribution in [1.82, 2.24) is 0 Å². The van der Waals surface area contributed by atoms with Gasteiger partial charge >= 0.3 is 126 Å². The van der Waals surface area contributed by atoms with Gasteiger partial charge in [0.2, 0.25) is 0 Å². The van der Waals surface area contributed by atoms with Crippen LogP contribution in [0.2, 0.25) is 0 Å². The van der Waals surface area contributed by atoms with Crippen LogP contribution < -0.4 is 0 Å². The van der Waals surface area contributed by atoms with Crippen molar-refractivity contribution in [2.45, 2.75) is 0 Å². The largest absolute Gasteiger partial charge is 3.00 e. The molecule has 0 atom stereocenters. The molecular weight excluding hydrogens is 712 g/mol. The topological polar surface area (TPSA) is 0 Å². The minimum absolute atomic E-state index is 0. The normalized spacial score (nSPS) is 0. The average molecular weight is 712 g/mol. The molecule has 0 aliphatic heterocycles. The summed E-state index contributed by atoms with van der Waals surface area (Å²) in [6.45, 7) is 0. The van der Waals surface area contributed by atoms with E-state index in [1.165, 1.54) is 0 Å². The summed E-state index contributed by atoms with van der Waals surface area (Å²) < 4.78 is 0. The van der Waals surface area contributed by atoms with Crippen LogP contribution in [0.1, 0.15) is 0 Å². The van der Waals surface area contributed by atoms with Gasteiger partial charge in [-0.15, -0.1) is 0 Å². The Labute approximate surface area is 242 Å². The van der Waals surface area contributed by atoms with E-state index in [9.17, 15) is 0 Å². The number of hydrogen-bond donors (Lipinski definition) is 0. The first-order valence-electron chi connectivity index (χ1n) is 0. The van der Waals surface area contributed by atoms with Gasteiger partial charge in [0.25, 0.3) is 0 Å². The first kappa shape index (κ1) is 192. The molecule has 0 aromatic rings. The maximum Gasteiger partial charge on any atom is 3.00 e. The quantitative estimate of drug-likeness (QED) is 0.248. The third-order valence-electron chi connectivity index (χ3n) is 0. The SMILES string of the molecule is [Al+3].[Al+3].[Ga+3].[Ga+3].[In+3].[In+3].[S-2].[S-2].[S-2].[S-2].[S-2].[S-2].[S-2].[S-2].[S-2]. The van der Waals surface area contributed by atoms with Crippen LogP contribution in [-0.4, -0.2) is 126 Å². The van der Waals surface area contributed by atoms with Crippen LogP contribution >= 0.6 is 0 Å². The summed E-state index contributed by atoms with van der Waals surface area (Å²) in [7, 11) is 0. The van der Waals surface area contributed by atoms with Gasteiger partial charge in [-0.2, -0.15) is 0 Å². The second kappa shape index (κ2) is 166. The van der Waals surface area contributed by atoms with E-state index in [4.69, 9.17) is 0 Å². The third kappa shape index (κ3) is 150. The molecule has 15 heteroatoms. The monoisotopic (exact) mass is 709 g/mol. The van der Waals surface area contributed by atoms with Crippen LogP contribution in [0.15, 0.2) is 0 Å². The fourth-order valence-electron chi connectivity index (χ4n) is 0. The Bertz CT molecular complexity index is 24.1. The fourth-order valence-corrected chi connectivity index (χ4v) is 0. The van der Waals surface area contributed by atoms with E-state index in [1.807, 2.05) is 0 Å². The van der Waals surface area contributed by atoms with Crippen molar-refractivity contribution in [2.24, 2.45) is 0 Å². The molecule has 0 nitrogen and oxygen atoms in total. The van der Waals surface area contributed by atoms with Crippen molar-refractivity contribution in [3.8, 4) is 0 Å². The Balaban J connectivity index is 0. The van der Waals surface area contributed by atoms with Crippen LogP contribution in [0.3, 0.4) is 0 Å². The van der Waals surface area contributed by atoms with Gasteiger partial charge in [-0.25, -0.2) is 0 Å². The zero-order chi connectivity index (χ0) is 0. The third-order valence-corrected chi connectivity index (χ3v) is 0. The predicted octanol–water partition coefficient (Wildman–Crippen LogP) is -2.31. The van der Waals surface area contributed by atoms with Crippen LogP contribution in [0, 0.1) is 0 Å².